The van der Waals surface area contributed by atoms with Crippen LogP contribution in [0, 0.1) is 4.77 Å². The van der Waals surface area contributed by atoms with Gasteiger partial charge in [0.1, 0.15) is 0 Å². The number of hydrogen-bond donors (Lipinski definition) is 1. The quantitative estimate of drug-likeness (QED) is 0.583. The molecule has 18 heavy (non-hydrogen) atoms. The second kappa shape index (κ2) is 8.48. The zero-order valence-electron chi connectivity index (χ0n) is 11.4. The normalized spacial score (nSPS) is 10.6. The van der Waals surface area contributed by atoms with E-state index in [1.54, 1.807) is 0 Å². The molecule has 0 bridgehead atoms. The third-order valence-electron chi connectivity index (χ3n) is 2.66. The molecule has 1 rings (SSSR count). The second-order valence-corrected chi connectivity index (χ2v) is 5.32. The van der Waals surface area contributed by atoms with Crippen LogP contribution in [0.15, 0.2) is 5.16 Å². The molecule has 0 saturated heterocycles. The van der Waals surface area contributed by atoms with Gasteiger partial charge in [0.2, 0.25) is 10.7 Å². The molecule has 0 aliphatic rings. The molecule has 0 aliphatic heterocycles. The first-order valence-electron chi connectivity index (χ1n) is 6.48. The first-order chi connectivity index (χ1) is 8.71. The lowest BCUT2D eigenvalue weighted by Gasteiger charge is -2.22. The van der Waals surface area contributed by atoms with Crippen molar-refractivity contribution in [1.29, 1.82) is 0 Å². The Kier molecular flexibility index (Phi) is 7.27. The van der Waals surface area contributed by atoms with E-state index < -0.39 is 0 Å². The molecular formula is C12H22N4S2. The van der Waals surface area contributed by atoms with Gasteiger partial charge >= 0.3 is 0 Å². The van der Waals surface area contributed by atoms with E-state index in [1.165, 1.54) is 37.4 Å². The minimum atomic E-state index is 0.516. The fourth-order valence-corrected chi connectivity index (χ4v) is 2.21. The number of nitrogens with zero attached hydrogens (tertiary/aromatic N) is 3. The summed E-state index contributed by atoms with van der Waals surface area (Å²) in [6.07, 6.45) is 6.68. The van der Waals surface area contributed by atoms with Gasteiger partial charge in [-0.15, -0.1) is 0 Å². The third-order valence-corrected chi connectivity index (χ3v) is 3.40. The molecule has 4 nitrogen and oxygen atoms in total. The number of H-pyrrole nitrogens is 1. The van der Waals surface area contributed by atoms with Gasteiger partial charge < -0.3 is 9.88 Å². The van der Waals surface area contributed by atoms with Crippen LogP contribution in [0.5, 0.6) is 0 Å². The number of hydrogen-bond acceptors (Lipinski definition) is 5. The molecule has 0 atom stereocenters. The maximum Gasteiger partial charge on any atom is 0.207 e. The summed E-state index contributed by atoms with van der Waals surface area (Å²) in [4.78, 5) is 14.1. The van der Waals surface area contributed by atoms with Crippen molar-refractivity contribution < 1.29 is 0 Å². The number of aromatic amines is 1. The van der Waals surface area contributed by atoms with Gasteiger partial charge in [-0.3, -0.25) is 0 Å². The van der Waals surface area contributed by atoms with Crippen LogP contribution in [0.2, 0.25) is 0 Å². The first-order valence-corrected chi connectivity index (χ1v) is 8.11. The summed E-state index contributed by atoms with van der Waals surface area (Å²) in [6.45, 7) is 6.44. The Morgan fingerprint density at radius 2 is 1.78 bits per heavy atom. The Balaban J connectivity index is 2.88. The van der Waals surface area contributed by atoms with Gasteiger partial charge in [0.25, 0.3) is 0 Å². The fraction of sp³-hybridized carbons (Fsp3) is 0.750. The van der Waals surface area contributed by atoms with Crippen LogP contribution >= 0.6 is 24.0 Å². The van der Waals surface area contributed by atoms with Crippen LogP contribution in [0.3, 0.4) is 0 Å². The van der Waals surface area contributed by atoms with Crippen molar-refractivity contribution in [2.75, 3.05) is 24.2 Å². The van der Waals surface area contributed by atoms with E-state index in [4.69, 9.17) is 12.2 Å². The van der Waals surface area contributed by atoms with Crippen molar-refractivity contribution in [3.05, 3.63) is 4.77 Å². The van der Waals surface area contributed by atoms with E-state index in [-0.39, 0.29) is 0 Å². The second-order valence-electron chi connectivity index (χ2n) is 4.16. The summed E-state index contributed by atoms with van der Waals surface area (Å²) in [5.74, 6) is 0.862. The summed E-state index contributed by atoms with van der Waals surface area (Å²) in [7, 11) is 0. The van der Waals surface area contributed by atoms with Gasteiger partial charge in [-0.05, 0) is 31.3 Å². The zero-order chi connectivity index (χ0) is 13.4. The topological polar surface area (TPSA) is 44.8 Å². The van der Waals surface area contributed by atoms with Crippen molar-refractivity contribution >= 4 is 29.9 Å². The summed E-state index contributed by atoms with van der Waals surface area (Å²) in [6, 6.07) is 0. The molecule has 102 valence electrons. The number of unbranched alkanes of at least 4 members (excludes halogenated alkanes) is 2. The van der Waals surface area contributed by atoms with Crippen LogP contribution in [0.1, 0.15) is 39.5 Å². The predicted molar refractivity (Wildman–Crippen MR) is 81.0 cm³/mol. The largest absolute Gasteiger partial charge is 0.342 e. The molecule has 0 spiro atoms. The highest BCUT2D eigenvalue weighted by atomic mass is 32.2. The highest BCUT2D eigenvalue weighted by Crippen LogP contribution is 2.14. The summed E-state index contributed by atoms with van der Waals surface area (Å²) < 4.78 is 0.516. The molecular weight excluding hydrogens is 264 g/mol. The number of rotatable bonds is 8. The minimum absolute atomic E-state index is 0.516. The van der Waals surface area contributed by atoms with Gasteiger partial charge in [-0.2, -0.15) is 9.97 Å². The standard InChI is InChI=1S/C12H22N4S2/c1-4-6-8-16(9-7-5-2)10-13-11(17)15-12(14-10)18-3/h4-9H2,1-3H3,(H,13,14,15,17). The van der Waals surface area contributed by atoms with Gasteiger partial charge in [0, 0.05) is 13.1 Å². The van der Waals surface area contributed by atoms with E-state index in [1.807, 2.05) is 6.26 Å². The Labute approximate surface area is 119 Å². The number of nitrogens with one attached hydrogen (secondary N) is 1. The van der Waals surface area contributed by atoms with E-state index in [0.29, 0.717) is 4.77 Å². The van der Waals surface area contributed by atoms with Crippen molar-refractivity contribution in [2.45, 2.75) is 44.7 Å². The van der Waals surface area contributed by atoms with E-state index >= 15 is 0 Å². The molecule has 1 heterocycles. The van der Waals surface area contributed by atoms with Gasteiger partial charge in [-0.25, -0.2) is 0 Å². The molecule has 1 aromatic rings. The Hall–Kier alpha value is -0.620. The van der Waals surface area contributed by atoms with E-state index in [9.17, 15) is 0 Å². The van der Waals surface area contributed by atoms with Crippen LogP contribution in [-0.2, 0) is 0 Å². The molecule has 6 heteroatoms. The molecule has 0 aromatic carbocycles. The lowest BCUT2D eigenvalue weighted by Crippen LogP contribution is -2.28. The maximum absolute atomic E-state index is 5.15. The number of thioether (sulfide) groups is 1. The molecule has 0 unspecified atom stereocenters. The van der Waals surface area contributed by atoms with Crippen molar-refractivity contribution in [3.8, 4) is 0 Å². The molecule has 1 N–H and O–H groups in total. The molecule has 0 fully saturated rings. The fourth-order valence-electron chi connectivity index (χ4n) is 1.62. The van der Waals surface area contributed by atoms with E-state index in [0.717, 1.165) is 24.2 Å². The highest BCUT2D eigenvalue weighted by Gasteiger charge is 2.09. The van der Waals surface area contributed by atoms with Gasteiger partial charge in [0.15, 0.2) is 5.16 Å². The smallest absolute Gasteiger partial charge is 0.207 e. The Morgan fingerprint density at radius 1 is 1.17 bits per heavy atom. The Morgan fingerprint density at radius 3 is 2.28 bits per heavy atom. The summed E-state index contributed by atoms with van der Waals surface area (Å²) >= 11 is 6.68. The number of aromatic nitrogens is 3. The van der Waals surface area contributed by atoms with Crippen molar-refractivity contribution in [3.63, 3.8) is 0 Å². The minimum Gasteiger partial charge on any atom is -0.342 e. The number of anilines is 1. The van der Waals surface area contributed by atoms with Crippen molar-refractivity contribution in [1.82, 2.24) is 15.0 Å². The van der Waals surface area contributed by atoms with E-state index in [2.05, 4.69) is 33.7 Å². The van der Waals surface area contributed by atoms with Crippen molar-refractivity contribution in [2.24, 2.45) is 0 Å². The van der Waals surface area contributed by atoms with Crippen LogP contribution in [-0.4, -0.2) is 34.3 Å². The Bertz CT molecular complexity index is 397. The molecule has 0 aliphatic carbocycles. The first kappa shape index (κ1) is 15.4. The van der Waals surface area contributed by atoms with Crippen LogP contribution < -0.4 is 4.90 Å². The lowest BCUT2D eigenvalue weighted by atomic mass is 10.3. The van der Waals surface area contributed by atoms with Crippen LogP contribution in [0.25, 0.3) is 0 Å². The highest BCUT2D eigenvalue weighted by molar-refractivity contribution is 7.98. The zero-order valence-corrected chi connectivity index (χ0v) is 13.0. The van der Waals surface area contributed by atoms with Gasteiger partial charge in [0.05, 0.1) is 0 Å². The molecule has 0 amide bonds. The molecule has 0 radical (unpaired) electrons. The SMILES string of the molecule is CCCCN(CCCC)c1nc(SC)nc(=S)[nH]1. The molecule has 0 saturated carbocycles. The summed E-state index contributed by atoms with van der Waals surface area (Å²) in [5.41, 5.74) is 0. The monoisotopic (exact) mass is 286 g/mol. The average molecular weight is 286 g/mol. The maximum atomic E-state index is 5.15. The summed E-state index contributed by atoms with van der Waals surface area (Å²) in [5, 5.41) is 0.742. The molecule has 1 aromatic heterocycles. The third kappa shape index (κ3) is 4.94. The lowest BCUT2D eigenvalue weighted by molar-refractivity contribution is 0.654. The average Bonchev–Trinajstić information content (AvgIpc) is 2.38. The van der Waals surface area contributed by atoms with Crippen LogP contribution in [0.4, 0.5) is 5.95 Å². The van der Waals surface area contributed by atoms with Gasteiger partial charge in [-0.1, -0.05) is 38.5 Å². The predicted octanol–water partition coefficient (Wildman–Crippen LogP) is 3.66.